The number of imidazole rings is 1. The van der Waals surface area contributed by atoms with E-state index in [9.17, 15) is 0 Å². The molecule has 5 nitrogen and oxygen atoms in total. The van der Waals surface area contributed by atoms with E-state index in [0.717, 1.165) is 42.1 Å². The van der Waals surface area contributed by atoms with Crippen LogP contribution in [0.15, 0.2) is 42.9 Å². The van der Waals surface area contributed by atoms with Gasteiger partial charge in [0, 0.05) is 30.7 Å². The topological polar surface area (TPSA) is 46.8 Å². The van der Waals surface area contributed by atoms with Gasteiger partial charge in [0.05, 0.1) is 6.17 Å². The molecule has 4 heterocycles. The maximum Gasteiger partial charge on any atom is 0.161 e. The fourth-order valence-electron chi connectivity index (χ4n) is 3.38. The molecule has 22 heavy (non-hydrogen) atoms. The zero-order valence-electron chi connectivity index (χ0n) is 12.7. The summed E-state index contributed by atoms with van der Waals surface area (Å²) in [5.41, 5.74) is 2.96. The molecule has 1 unspecified atom stereocenters. The molecule has 4 rings (SSSR count). The van der Waals surface area contributed by atoms with E-state index in [2.05, 4.69) is 32.4 Å². The van der Waals surface area contributed by atoms with E-state index in [0.29, 0.717) is 6.17 Å². The molecule has 0 amide bonds. The highest BCUT2D eigenvalue weighted by Gasteiger charge is 2.29. The molecule has 3 aromatic heterocycles. The van der Waals surface area contributed by atoms with Gasteiger partial charge in [-0.2, -0.15) is 0 Å². The third-order valence-electron chi connectivity index (χ3n) is 4.40. The van der Waals surface area contributed by atoms with Crippen LogP contribution >= 0.6 is 0 Å². The van der Waals surface area contributed by atoms with E-state index < -0.39 is 0 Å². The molecule has 0 radical (unpaired) electrons. The molecular weight excluding hydrogens is 274 g/mol. The maximum atomic E-state index is 4.83. The quantitative estimate of drug-likeness (QED) is 0.744. The van der Waals surface area contributed by atoms with Gasteiger partial charge in [0.15, 0.2) is 5.65 Å². The summed E-state index contributed by atoms with van der Waals surface area (Å²) in [4.78, 5) is 16.2. The minimum atomic E-state index is 0.333. The second kappa shape index (κ2) is 5.50. The molecule has 5 heteroatoms. The highest BCUT2D eigenvalue weighted by atomic mass is 15.3. The van der Waals surface area contributed by atoms with E-state index in [-0.39, 0.29) is 0 Å². The standard InChI is InChI=1S/C17H19N5/c1-2-21-11-5-8-15(21)22-16(13-6-3-9-18-12-13)20-14-7-4-10-19-17(14)22/h3-4,6-7,9-10,12,15H,2,5,8,11H2,1H3. The van der Waals surface area contributed by atoms with Crippen molar-refractivity contribution in [2.75, 3.05) is 13.1 Å². The lowest BCUT2D eigenvalue weighted by Crippen LogP contribution is -2.27. The number of likely N-dealkylation sites (tertiary alicyclic amines) is 1. The first-order valence-electron chi connectivity index (χ1n) is 7.86. The molecule has 1 aliphatic heterocycles. The van der Waals surface area contributed by atoms with E-state index in [1.165, 1.54) is 6.42 Å². The first-order valence-corrected chi connectivity index (χ1v) is 7.86. The Morgan fingerprint density at radius 3 is 2.95 bits per heavy atom. The predicted octanol–water partition coefficient (Wildman–Crippen LogP) is 3.11. The number of nitrogens with zero attached hydrogens (tertiary/aromatic N) is 5. The summed E-state index contributed by atoms with van der Waals surface area (Å²) in [6.45, 7) is 4.40. The second-order valence-electron chi connectivity index (χ2n) is 5.64. The lowest BCUT2D eigenvalue weighted by atomic mass is 10.2. The Labute approximate surface area is 129 Å². The summed E-state index contributed by atoms with van der Waals surface area (Å²) >= 11 is 0. The summed E-state index contributed by atoms with van der Waals surface area (Å²) in [5, 5.41) is 0. The smallest absolute Gasteiger partial charge is 0.161 e. The van der Waals surface area contributed by atoms with Gasteiger partial charge in [-0.15, -0.1) is 0 Å². The number of pyridine rings is 2. The lowest BCUT2D eigenvalue weighted by Gasteiger charge is -2.25. The molecule has 0 aliphatic carbocycles. The number of aromatic nitrogens is 4. The molecule has 1 atom stereocenters. The minimum Gasteiger partial charge on any atom is -0.292 e. The SMILES string of the molecule is CCN1CCCC1n1c(-c2cccnc2)nc2cccnc21. The molecule has 1 aliphatic rings. The monoisotopic (exact) mass is 293 g/mol. The minimum absolute atomic E-state index is 0.333. The normalized spacial score (nSPS) is 19.0. The third-order valence-corrected chi connectivity index (χ3v) is 4.40. The predicted molar refractivity (Wildman–Crippen MR) is 86.3 cm³/mol. The van der Waals surface area contributed by atoms with E-state index in [4.69, 9.17) is 4.98 Å². The van der Waals surface area contributed by atoms with Gasteiger partial charge < -0.3 is 0 Å². The van der Waals surface area contributed by atoms with Crippen molar-refractivity contribution in [3.63, 3.8) is 0 Å². The summed E-state index contributed by atoms with van der Waals surface area (Å²) in [5.74, 6) is 0.965. The van der Waals surface area contributed by atoms with Crippen molar-refractivity contribution < 1.29 is 0 Å². The molecule has 0 N–H and O–H groups in total. The lowest BCUT2D eigenvalue weighted by molar-refractivity contribution is 0.209. The van der Waals surface area contributed by atoms with Gasteiger partial charge in [0.25, 0.3) is 0 Å². The maximum absolute atomic E-state index is 4.83. The number of hydrogen-bond acceptors (Lipinski definition) is 4. The van der Waals surface area contributed by atoms with Crippen molar-refractivity contribution in [2.24, 2.45) is 0 Å². The molecule has 3 aromatic rings. The molecule has 112 valence electrons. The van der Waals surface area contributed by atoms with Crippen LogP contribution in [0, 0.1) is 0 Å². The van der Waals surface area contributed by atoms with E-state index in [1.54, 1.807) is 6.20 Å². The Morgan fingerprint density at radius 1 is 1.23 bits per heavy atom. The number of rotatable bonds is 3. The molecule has 0 spiro atoms. The Hall–Kier alpha value is -2.27. The zero-order valence-corrected chi connectivity index (χ0v) is 12.7. The molecular formula is C17H19N5. The van der Waals surface area contributed by atoms with E-state index >= 15 is 0 Å². The van der Waals surface area contributed by atoms with Crippen LogP contribution in [-0.2, 0) is 0 Å². The van der Waals surface area contributed by atoms with Crippen LogP contribution in [0.2, 0.25) is 0 Å². The van der Waals surface area contributed by atoms with Gasteiger partial charge in [-0.05, 0) is 43.7 Å². The summed E-state index contributed by atoms with van der Waals surface area (Å²) in [6.07, 6.45) is 8.21. The van der Waals surface area contributed by atoms with Crippen molar-refractivity contribution in [3.05, 3.63) is 42.9 Å². The average Bonchev–Trinajstić information content (AvgIpc) is 3.19. The van der Waals surface area contributed by atoms with Crippen LogP contribution in [0.1, 0.15) is 25.9 Å². The van der Waals surface area contributed by atoms with Gasteiger partial charge >= 0.3 is 0 Å². The largest absolute Gasteiger partial charge is 0.292 e. The zero-order chi connectivity index (χ0) is 14.9. The van der Waals surface area contributed by atoms with Crippen molar-refractivity contribution in [3.8, 4) is 11.4 Å². The van der Waals surface area contributed by atoms with Crippen LogP contribution < -0.4 is 0 Å². The Balaban J connectivity index is 1.94. The van der Waals surface area contributed by atoms with Gasteiger partial charge in [-0.25, -0.2) is 9.97 Å². The van der Waals surface area contributed by atoms with Gasteiger partial charge in [-0.3, -0.25) is 14.5 Å². The Kier molecular flexibility index (Phi) is 3.35. The highest BCUT2D eigenvalue weighted by Crippen LogP contribution is 2.34. The third kappa shape index (κ3) is 2.09. The fraction of sp³-hybridized carbons (Fsp3) is 0.353. The van der Waals surface area contributed by atoms with Crippen LogP contribution in [0.3, 0.4) is 0 Å². The fourth-order valence-corrected chi connectivity index (χ4v) is 3.38. The van der Waals surface area contributed by atoms with Crippen LogP contribution in [0.25, 0.3) is 22.6 Å². The van der Waals surface area contributed by atoms with Crippen LogP contribution in [-0.4, -0.2) is 37.5 Å². The Morgan fingerprint density at radius 2 is 2.14 bits per heavy atom. The first-order chi connectivity index (χ1) is 10.9. The highest BCUT2D eigenvalue weighted by molar-refractivity contribution is 5.77. The van der Waals surface area contributed by atoms with Crippen molar-refractivity contribution in [1.82, 2.24) is 24.4 Å². The molecule has 1 saturated heterocycles. The van der Waals surface area contributed by atoms with Gasteiger partial charge in [-0.1, -0.05) is 6.92 Å². The summed E-state index contributed by atoms with van der Waals surface area (Å²) in [7, 11) is 0. The van der Waals surface area contributed by atoms with Crippen molar-refractivity contribution in [2.45, 2.75) is 25.9 Å². The van der Waals surface area contributed by atoms with Crippen LogP contribution in [0.5, 0.6) is 0 Å². The summed E-state index contributed by atoms with van der Waals surface area (Å²) in [6, 6.07) is 8.00. The van der Waals surface area contributed by atoms with Crippen molar-refractivity contribution >= 4 is 11.2 Å². The second-order valence-corrected chi connectivity index (χ2v) is 5.64. The average molecular weight is 293 g/mol. The number of hydrogen-bond donors (Lipinski definition) is 0. The molecule has 0 bridgehead atoms. The van der Waals surface area contributed by atoms with Crippen molar-refractivity contribution in [1.29, 1.82) is 0 Å². The first kappa shape index (κ1) is 13.4. The van der Waals surface area contributed by atoms with Crippen LogP contribution in [0.4, 0.5) is 0 Å². The molecule has 0 saturated carbocycles. The summed E-state index contributed by atoms with van der Waals surface area (Å²) < 4.78 is 2.29. The van der Waals surface area contributed by atoms with Gasteiger partial charge in [0.2, 0.25) is 0 Å². The molecule has 0 aromatic carbocycles. The van der Waals surface area contributed by atoms with E-state index in [1.807, 2.05) is 30.6 Å². The molecule has 1 fully saturated rings. The number of fused-ring (bicyclic) bond motifs is 1. The van der Waals surface area contributed by atoms with Gasteiger partial charge in [0.1, 0.15) is 11.3 Å². The Bertz CT molecular complexity index is 780.